The quantitative estimate of drug-likeness (QED) is 0.689. The van der Waals surface area contributed by atoms with Gasteiger partial charge in [-0.2, -0.15) is 0 Å². The lowest BCUT2D eigenvalue weighted by molar-refractivity contribution is -0.154. The first kappa shape index (κ1) is 15.9. The molecule has 1 aliphatic carbocycles. The number of ether oxygens (including phenoxy) is 1. The van der Waals surface area contributed by atoms with Crippen LogP contribution in [0.5, 0.6) is 0 Å². The van der Waals surface area contributed by atoms with Crippen LogP contribution >= 0.6 is 11.3 Å². The van der Waals surface area contributed by atoms with Gasteiger partial charge in [-0.1, -0.05) is 12.2 Å². The van der Waals surface area contributed by atoms with Crippen molar-refractivity contribution < 1.29 is 9.53 Å². The molecule has 1 N–H and O–H groups in total. The van der Waals surface area contributed by atoms with Crippen LogP contribution in [0.25, 0.3) is 10.2 Å². The lowest BCUT2D eigenvalue weighted by Gasteiger charge is -2.19. The van der Waals surface area contributed by atoms with Crippen molar-refractivity contribution in [3.05, 3.63) is 38.8 Å². The summed E-state index contributed by atoms with van der Waals surface area (Å²) >= 11 is 1.49. The fraction of sp³-hybridized carbons (Fsp3) is 0.471. The molecule has 23 heavy (non-hydrogen) atoms. The van der Waals surface area contributed by atoms with Crippen LogP contribution in [-0.2, 0) is 9.53 Å². The Hall–Kier alpha value is -1.95. The summed E-state index contributed by atoms with van der Waals surface area (Å²) in [7, 11) is 0. The predicted molar refractivity (Wildman–Crippen MR) is 90.7 cm³/mol. The summed E-state index contributed by atoms with van der Waals surface area (Å²) in [6.07, 6.45) is 5.98. The molecule has 0 unspecified atom stereocenters. The molecule has 122 valence electrons. The number of thiophene rings is 1. The van der Waals surface area contributed by atoms with Crippen molar-refractivity contribution >= 4 is 27.5 Å². The molecule has 0 fully saturated rings. The summed E-state index contributed by atoms with van der Waals surface area (Å²) in [6.45, 7) is 5.64. The number of H-pyrrole nitrogens is 1. The van der Waals surface area contributed by atoms with E-state index in [4.69, 9.17) is 4.74 Å². The van der Waals surface area contributed by atoms with Crippen molar-refractivity contribution in [3.63, 3.8) is 0 Å². The first-order chi connectivity index (χ1) is 11.0. The largest absolute Gasteiger partial charge is 0.454 e. The highest BCUT2D eigenvalue weighted by Gasteiger charge is 2.24. The van der Waals surface area contributed by atoms with E-state index in [9.17, 15) is 9.59 Å². The Balaban J connectivity index is 1.83. The van der Waals surface area contributed by atoms with Gasteiger partial charge >= 0.3 is 5.97 Å². The Morgan fingerprint density at radius 3 is 2.91 bits per heavy atom. The van der Waals surface area contributed by atoms with Crippen LogP contribution in [0, 0.1) is 19.8 Å². The minimum absolute atomic E-state index is 0.0934. The Kier molecular flexibility index (Phi) is 4.35. The summed E-state index contributed by atoms with van der Waals surface area (Å²) in [5.74, 6) is 0.0933. The van der Waals surface area contributed by atoms with Crippen LogP contribution in [0.1, 0.15) is 48.6 Å². The van der Waals surface area contributed by atoms with E-state index in [1.54, 1.807) is 6.92 Å². The maximum absolute atomic E-state index is 12.3. The third-order valence-electron chi connectivity index (χ3n) is 4.34. The fourth-order valence-corrected chi connectivity index (χ4v) is 3.83. The second-order valence-electron chi connectivity index (χ2n) is 5.98. The number of nitrogens with zero attached hydrogens (tertiary/aromatic N) is 1. The number of hydrogen-bond acceptors (Lipinski definition) is 5. The zero-order valence-electron chi connectivity index (χ0n) is 13.5. The van der Waals surface area contributed by atoms with Crippen molar-refractivity contribution in [2.45, 2.75) is 46.1 Å². The number of esters is 1. The lowest BCUT2D eigenvalue weighted by atomic mass is 9.95. The molecule has 0 saturated heterocycles. The number of allylic oxidation sites excluding steroid dienone is 2. The Labute approximate surface area is 138 Å². The second kappa shape index (κ2) is 6.28. The van der Waals surface area contributed by atoms with Gasteiger partial charge in [0.05, 0.1) is 11.3 Å². The number of rotatable bonds is 3. The highest BCUT2D eigenvalue weighted by atomic mass is 32.1. The van der Waals surface area contributed by atoms with Crippen LogP contribution in [0.2, 0.25) is 0 Å². The van der Waals surface area contributed by atoms with E-state index in [-0.39, 0.29) is 17.4 Å². The number of aryl methyl sites for hydroxylation is 2. The fourth-order valence-electron chi connectivity index (χ4n) is 2.80. The molecule has 2 aromatic heterocycles. The molecule has 0 saturated carbocycles. The van der Waals surface area contributed by atoms with Gasteiger partial charge in [-0.05, 0) is 45.6 Å². The van der Waals surface area contributed by atoms with E-state index in [1.807, 2.05) is 19.9 Å². The summed E-state index contributed by atoms with van der Waals surface area (Å²) in [5.41, 5.74) is 0.791. The number of aromatic nitrogens is 2. The van der Waals surface area contributed by atoms with E-state index in [0.717, 1.165) is 29.7 Å². The van der Waals surface area contributed by atoms with Gasteiger partial charge in [0.2, 0.25) is 0 Å². The summed E-state index contributed by atoms with van der Waals surface area (Å²) < 4.78 is 5.52. The van der Waals surface area contributed by atoms with Crippen LogP contribution in [0.15, 0.2) is 16.9 Å². The monoisotopic (exact) mass is 332 g/mol. The number of carbonyl (C=O) groups is 1. The number of hydrogen-bond donors (Lipinski definition) is 1. The molecule has 0 aromatic carbocycles. The van der Waals surface area contributed by atoms with Gasteiger partial charge in [0.25, 0.3) is 5.56 Å². The second-order valence-corrected chi connectivity index (χ2v) is 7.18. The predicted octanol–water partition coefficient (Wildman–Crippen LogP) is 3.56. The molecule has 0 radical (unpaired) electrons. The molecule has 5 nitrogen and oxygen atoms in total. The van der Waals surface area contributed by atoms with E-state index in [0.29, 0.717) is 16.0 Å². The van der Waals surface area contributed by atoms with E-state index in [1.165, 1.54) is 11.3 Å². The zero-order valence-corrected chi connectivity index (χ0v) is 14.3. The Morgan fingerprint density at radius 1 is 1.43 bits per heavy atom. The molecule has 0 bridgehead atoms. The Bertz CT molecular complexity index is 834. The SMILES string of the molecule is Cc1sc2nc([C@H](C)OC(=O)[C@H]3CC=CCC3)[nH]c(=O)c2c1C. The third kappa shape index (κ3) is 3.08. The molecule has 6 heteroatoms. The van der Waals surface area contributed by atoms with Crippen LogP contribution in [-0.4, -0.2) is 15.9 Å². The molecule has 2 heterocycles. The molecule has 0 spiro atoms. The van der Waals surface area contributed by atoms with E-state index < -0.39 is 6.10 Å². The molecule has 0 amide bonds. The normalized spacial score (nSPS) is 19.0. The first-order valence-electron chi connectivity index (χ1n) is 7.82. The van der Waals surface area contributed by atoms with Crippen molar-refractivity contribution in [1.29, 1.82) is 0 Å². The van der Waals surface area contributed by atoms with Gasteiger partial charge in [0, 0.05) is 4.88 Å². The lowest BCUT2D eigenvalue weighted by Crippen LogP contribution is -2.22. The molecule has 1 aliphatic rings. The van der Waals surface area contributed by atoms with E-state index in [2.05, 4.69) is 16.0 Å². The summed E-state index contributed by atoms with van der Waals surface area (Å²) in [5, 5.41) is 0.632. The van der Waals surface area contributed by atoms with Gasteiger partial charge in [0.15, 0.2) is 11.9 Å². The average Bonchev–Trinajstić information content (AvgIpc) is 2.83. The standard InChI is InChI=1S/C17H20N2O3S/c1-9-11(3)23-16-13(9)15(20)18-14(19-16)10(2)22-17(21)12-7-5-4-6-8-12/h4-5,10,12H,6-8H2,1-3H3,(H,18,19,20)/t10-,12-/m0/s1. The van der Waals surface area contributed by atoms with Crippen LogP contribution in [0.3, 0.4) is 0 Å². The number of nitrogens with one attached hydrogen (secondary N) is 1. The zero-order chi connectivity index (χ0) is 16.6. The average molecular weight is 332 g/mol. The van der Waals surface area contributed by atoms with Crippen LogP contribution < -0.4 is 5.56 Å². The highest BCUT2D eigenvalue weighted by Crippen LogP contribution is 2.27. The van der Waals surface area contributed by atoms with E-state index >= 15 is 0 Å². The van der Waals surface area contributed by atoms with Crippen molar-refractivity contribution in [2.75, 3.05) is 0 Å². The highest BCUT2D eigenvalue weighted by molar-refractivity contribution is 7.18. The maximum atomic E-state index is 12.3. The summed E-state index contributed by atoms with van der Waals surface area (Å²) in [4.78, 5) is 33.5. The van der Waals surface area contributed by atoms with Gasteiger partial charge in [-0.25, -0.2) is 4.98 Å². The number of carbonyl (C=O) groups excluding carboxylic acids is 1. The van der Waals surface area contributed by atoms with Crippen molar-refractivity contribution in [1.82, 2.24) is 9.97 Å². The van der Waals surface area contributed by atoms with Gasteiger partial charge in [-0.15, -0.1) is 11.3 Å². The minimum atomic E-state index is -0.562. The number of fused-ring (bicyclic) bond motifs is 1. The smallest absolute Gasteiger partial charge is 0.309 e. The molecule has 3 rings (SSSR count). The molecular formula is C17H20N2O3S. The number of aromatic amines is 1. The van der Waals surface area contributed by atoms with Gasteiger partial charge < -0.3 is 9.72 Å². The van der Waals surface area contributed by atoms with Crippen LogP contribution in [0.4, 0.5) is 0 Å². The molecule has 2 atom stereocenters. The topological polar surface area (TPSA) is 72.0 Å². The maximum Gasteiger partial charge on any atom is 0.309 e. The first-order valence-corrected chi connectivity index (χ1v) is 8.64. The Morgan fingerprint density at radius 2 is 2.22 bits per heavy atom. The molecular weight excluding hydrogens is 312 g/mol. The molecule has 2 aromatic rings. The summed E-state index contributed by atoms with van der Waals surface area (Å²) in [6, 6.07) is 0. The molecule has 0 aliphatic heterocycles. The van der Waals surface area contributed by atoms with Crippen molar-refractivity contribution in [3.8, 4) is 0 Å². The third-order valence-corrected chi connectivity index (χ3v) is 5.44. The van der Waals surface area contributed by atoms with Gasteiger partial charge in [-0.3, -0.25) is 9.59 Å². The van der Waals surface area contributed by atoms with Crippen molar-refractivity contribution in [2.24, 2.45) is 5.92 Å². The minimum Gasteiger partial charge on any atom is -0.454 e. The van der Waals surface area contributed by atoms with Gasteiger partial charge in [0.1, 0.15) is 4.83 Å².